The summed E-state index contributed by atoms with van der Waals surface area (Å²) in [6.45, 7) is 4.54. The van der Waals surface area contributed by atoms with Crippen LogP contribution in [0.5, 0.6) is 0 Å². The van der Waals surface area contributed by atoms with E-state index in [2.05, 4.69) is 19.9 Å². The number of aromatic amines is 1. The maximum absolute atomic E-state index is 11.5. The average molecular weight is 356 g/mol. The molecule has 7 heteroatoms. The number of para-hydroxylation sites is 2. The van der Waals surface area contributed by atoms with E-state index in [9.17, 15) is 4.79 Å². The van der Waals surface area contributed by atoms with Crippen LogP contribution < -0.4 is 4.90 Å². The molecule has 6 nitrogen and oxygen atoms in total. The molecule has 1 fully saturated rings. The summed E-state index contributed by atoms with van der Waals surface area (Å²) in [5, 5.41) is 0.560. The molecule has 1 aliphatic heterocycles. The maximum atomic E-state index is 11.5. The third kappa shape index (κ3) is 3.05. The van der Waals surface area contributed by atoms with Crippen molar-refractivity contribution in [3.63, 3.8) is 0 Å². The van der Waals surface area contributed by atoms with Gasteiger partial charge in [-0.1, -0.05) is 23.7 Å². The molecule has 25 heavy (non-hydrogen) atoms. The Bertz CT molecular complexity index is 897. The van der Waals surface area contributed by atoms with E-state index >= 15 is 0 Å². The first kappa shape index (κ1) is 15.9. The van der Waals surface area contributed by atoms with Gasteiger partial charge in [0.15, 0.2) is 0 Å². The van der Waals surface area contributed by atoms with Gasteiger partial charge >= 0.3 is 0 Å². The van der Waals surface area contributed by atoms with Crippen LogP contribution in [0.15, 0.2) is 36.5 Å². The van der Waals surface area contributed by atoms with Gasteiger partial charge in [0, 0.05) is 44.9 Å². The number of imidazole rings is 1. The quantitative estimate of drug-likeness (QED) is 0.767. The molecular formula is C18H18ClN5O. The number of carbonyl (C=O) groups is 1. The van der Waals surface area contributed by atoms with E-state index in [0.717, 1.165) is 41.3 Å². The molecule has 2 aromatic heterocycles. The van der Waals surface area contributed by atoms with Crippen molar-refractivity contribution in [2.75, 3.05) is 31.1 Å². The number of hydrogen-bond acceptors (Lipinski definition) is 4. The summed E-state index contributed by atoms with van der Waals surface area (Å²) in [7, 11) is 0. The standard InChI is InChI=1S/C18H18ClN5O/c1-12(25)23-6-8-24(9-7-23)17-10-13(14(19)11-20-17)18-21-15-4-2-3-5-16(15)22-18/h2-5,10-11H,6-9H2,1H3,(H,21,22). The number of hydrogen-bond donors (Lipinski definition) is 1. The Labute approximate surface area is 150 Å². The molecule has 1 saturated heterocycles. The molecule has 0 bridgehead atoms. The van der Waals surface area contributed by atoms with Crippen LogP contribution in [0.25, 0.3) is 22.4 Å². The highest BCUT2D eigenvalue weighted by Gasteiger charge is 2.21. The van der Waals surface area contributed by atoms with Gasteiger partial charge in [-0.05, 0) is 18.2 Å². The highest BCUT2D eigenvalue weighted by Crippen LogP contribution is 2.30. The number of aromatic nitrogens is 3. The molecule has 0 radical (unpaired) electrons. The lowest BCUT2D eigenvalue weighted by Crippen LogP contribution is -2.48. The summed E-state index contributed by atoms with van der Waals surface area (Å²) >= 11 is 6.37. The van der Waals surface area contributed by atoms with Crippen LogP contribution in [0, 0.1) is 0 Å². The molecule has 1 amide bonds. The van der Waals surface area contributed by atoms with Crippen LogP contribution in [0.2, 0.25) is 5.02 Å². The fourth-order valence-corrected chi connectivity index (χ4v) is 3.31. The predicted molar refractivity (Wildman–Crippen MR) is 98.8 cm³/mol. The van der Waals surface area contributed by atoms with Crippen molar-refractivity contribution < 1.29 is 4.79 Å². The van der Waals surface area contributed by atoms with E-state index in [1.807, 2.05) is 35.2 Å². The van der Waals surface area contributed by atoms with Gasteiger partial charge in [-0.3, -0.25) is 4.79 Å². The molecule has 0 unspecified atom stereocenters. The summed E-state index contributed by atoms with van der Waals surface area (Å²) < 4.78 is 0. The fraction of sp³-hybridized carbons (Fsp3) is 0.278. The van der Waals surface area contributed by atoms with Crippen molar-refractivity contribution >= 4 is 34.4 Å². The van der Waals surface area contributed by atoms with Gasteiger partial charge in [-0.25, -0.2) is 9.97 Å². The number of nitrogens with one attached hydrogen (secondary N) is 1. The normalized spacial score (nSPS) is 15.0. The molecule has 0 spiro atoms. The van der Waals surface area contributed by atoms with E-state index in [4.69, 9.17) is 11.6 Å². The third-order valence-corrected chi connectivity index (χ3v) is 4.84. The first-order valence-electron chi connectivity index (χ1n) is 8.23. The molecule has 0 atom stereocenters. The van der Waals surface area contributed by atoms with Crippen molar-refractivity contribution in [1.29, 1.82) is 0 Å². The molecule has 1 aliphatic rings. The van der Waals surface area contributed by atoms with E-state index in [1.54, 1.807) is 13.1 Å². The number of carbonyl (C=O) groups excluding carboxylic acids is 1. The molecule has 128 valence electrons. The minimum Gasteiger partial charge on any atom is -0.353 e. The van der Waals surface area contributed by atoms with Gasteiger partial charge < -0.3 is 14.8 Å². The predicted octanol–water partition coefficient (Wildman–Crippen LogP) is 2.95. The lowest BCUT2D eigenvalue weighted by molar-refractivity contribution is -0.129. The Morgan fingerprint density at radius 3 is 2.68 bits per heavy atom. The lowest BCUT2D eigenvalue weighted by atomic mass is 10.2. The summed E-state index contributed by atoms with van der Waals surface area (Å²) in [4.78, 5) is 27.9. The second-order valence-electron chi connectivity index (χ2n) is 6.12. The summed E-state index contributed by atoms with van der Waals surface area (Å²) in [5.74, 6) is 1.70. The first-order chi connectivity index (χ1) is 12.1. The molecule has 3 aromatic rings. The number of benzene rings is 1. The minimum atomic E-state index is 0.117. The molecule has 1 N–H and O–H groups in total. The van der Waals surface area contributed by atoms with Crippen LogP contribution in [0.1, 0.15) is 6.92 Å². The first-order valence-corrected chi connectivity index (χ1v) is 8.61. The maximum Gasteiger partial charge on any atom is 0.219 e. The van der Waals surface area contributed by atoms with E-state index in [1.165, 1.54) is 0 Å². The number of amides is 1. The number of anilines is 1. The SMILES string of the molecule is CC(=O)N1CCN(c2cc(-c3nc4ccccc4[nH]3)c(Cl)cn2)CC1. The van der Waals surface area contributed by atoms with Crippen LogP contribution in [0.4, 0.5) is 5.82 Å². The second kappa shape index (κ2) is 6.37. The Kier molecular flexibility index (Phi) is 4.05. The highest BCUT2D eigenvalue weighted by molar-refractivity contribution is 6.33. The molecule has 4 rings (SSSR count). The summed E-state index contributed by atoms with van der Waals surface area (Å²) in [5.41, 5.74) is 2.71. The topological polar surface area (TPSA) is 65.1 Å². The summed E-state index contributed by atoms with van der Waals surface area (Å²) in [6.07, 6.45) is 1.66. The van der Waals surface area contributed by atoms with Crippen LogP contribution in [-0.2, 0) is 4.79 Å². The van der Waals surface area contributed by atoms with Crippen molar-refractivity contribution in [1.82, 2.24) is 19.9 Å². The average Bonchev–Trinajstić information content (AvgIpc) is 3.06. The van der Waals surface area contributed by atoms with Crippen LogP contribution in [-0.4, -0.2) is 51.9 Å². The Morgan fingerprint density at radius 2 is 1.96 bits per heavy atom. The van der Waals surface area contributed by atoms with E-state index in [0.29, 0.717) is 18.1 Å². The van der Waals surface area contributed by atoms with Gasteiger partial charge in [0.1, 0.15) is 11.6 Å². The van der Waals surface area contributed by atoms with Gasteiger partial charge in [0.2, 0.25) is 5.91 Å². The number of rotatable bonds is 2. The summed E-state index contributed by atoms with van der Waals surface area (Å²) in [6, 6.07) is 9.85. The zero-order chi connectivity index (χ0) is 17.4. The van der Waals surface area contributed by atoms with Crippen molar-refractivity contribution in [3.8, 4) is 11.4 Å². The monoisotopic (exact) mass is 355 g/mol. The van der Waals surface area contributed by atoms with Gasteiger partial charge in [-0.15, -0.1) is 0 Å². The number of piperazine rings is 1. The molecule has 3 heterocycles. The zero-order valence-corrected chi connectivity index (χ0v) is 14.6. The minimum absolute atomic E-state index is 0.117. The number of nitrogens with zero attached hydrogens (tertiary/aromatic N) is 4. The third-order valence-electron chi connectivity index (χ3n) is 4.53. The number of fused-ring (bicyclic) bond motifs is 1. The van der Waals surface area contributed by atoms with Crippen LogP contribution >= 0.6 is 11.6 Å². The number of H-pyrrole nitrogens is 1. The Balaban J connectivity index is 1.64. The van der Waals surface area contributed by atoms with Crippen molar-refractivity contribution in [2.45, 2.75) is 6.92 Å². The second-order valence-corrected chi connectivity index (χ2v) is 6.53. The van der Waals surface area contributed by atoms with Gasteiger partial charge in [0.25, 0.3) is 0 Å². The largest absolute Gasteiger partial charge is 0.353 e. The van der Waals surface area contributed by atoms with E-state index in [-0.39, 0.29) is 5.91 Å². The molecule has 0 aliphatic carbocycles. The molecule has 0 saturated carbocycles. The molecule has 1 aromatic carbocycles. The fourth-order valence-electron chi connectivity index (χ4n) is 3.11. The number of pyridine rings is 1. The highest BCUT2D eigenvalue weighted by atomic mass is 35.5. The smallest absolute Gasteiger partial charge is 0.219 e. The lowest BCUT2D eigenvalue weighted by Gasteiger charge is -2.35. The molecular weight excluding hydrogens is 338 g/mol. The van der Waals surface area contributed by atoms with Gasteiger partial charge in [0.05, 0.1) is 16.1 Å². The van der Waals surface area contributed by atoms with E-state index < -0.39 is 0 Å². The Morgan fingerprint density at radius 1 is 1.20 bits per heavy atom. The van der Waals surface area contributed by atoms with Crippen LogP contribution in [0.3, 0.4) is 0 Å². The van der Waals surface area contributed by atoms with Crippen molar-refractivity contribution in [3.05, 3.63) is 41.6 Å². The number of halogens is 1. The zero-order valence-electron chi connectivity index (χ0n) is 13.9. The van der Waals surface area contributed by atoms with Gasteiger partial charge in [-0.2, -0.15) is 0 Å². The Hall–Kier alpha value is -2.60. The van der Waals surface area contributed by atoms with Crippen molar-refractivity contribution in [2.24, 2.45) is 0 Å².